The van der Waals surface area contributed by atoms with Crippen molar-refractivity contribution in [1.29, 1.82) is 5.26 Å². The molecule has 1 N–H and O–H groups in total. The molecule has 1 rings (SSSR count). The molecule has 0 radical (unpaired) electrons. The van der Waals surface area contributed by atoms with E-state index in [1.54, 1.807) is 19.0 Å². The molecule has 0 heterocycles. The van der Waals surface area contributed by atoms with E-state index in [2.05, 4.69) is 10.2 Å². The van der Waals surface area contributed by atoms with E-state index in [4.69, 9.17) is 11.8 Å². The highest BCUT2D eigenvalue weighted by Gasteiger charge is 2.08. The SMILES string of the molecule is [C-]#[N+]/C(C#N)=C(/Nc1ccc(C)cc1)N(C)C. The summed E-state index contributed by atoms with van der Waals surface area (Å²) in [5.41, 5.74) is 2.07. The van der Waals surface area contributed by atoms with Crippen LogP contribution in [-0.2, 0) is 0 Å². The summed E-state index contributed by atoms with van der Waals surface area (Å²) in [6.45, 7) is 8.97. The van der Waals surface area contributed by atoms with E-state index in [1.807, 2.05) is 37.3 Å². The number of allylic oxidation sites excluding steroid dienone is 1. The number of hydrogen-bond acceptors (Lipinski definition) is 3. The van der Waals surface area contributed by atoms with Gasteiger partial charge in [-0.05, 0) is 19.1 Å². The quantitative estimate of drug-likeness (QED) is 0.636. The lowest BCUT2D eigenvalue weighted by Gasteiger charge is -2.19. The van der Waals surface area contributed by atoms with Gasteiger partial charge in [0.25, 0.3) is 0 Å². The molecule has 0 aliphatic heterocycles. The number of aryl methyl sites for hydroxylation is 1. The Balaban J connectivity index is 3.06. The predicted octanol–water partition coefficient (Wildman–Crippen LogP) is 2.58. The number of rotatable bonds is 3. The molecular weight excluding hydrogens is 212 g/mol. The number of nitrogens with zero attached hydrogens (tertiary/aromatic N) is 3. The molecule has 0 aliphatic rings. The van der Waals surface area contributed by atoms with Crippen LogP contribution in [0.3, 0.4) is 0 Å². The Bertz CT molecular complexity index is 482. The van der Waals surface area contributed by atoms with Crippen molar-refractivity contribution in [3.63, 3.8) is 0 Å². The zero-order chi connectivity index (χ0) is 12.8. The maximum Gasteiger partial charge on any atom is 0.300 e. The van der Waals surface area contributed by atoms with Crippen LogP contribution in [-0.4, -0.2) is 19.0 Å². The zero-order valence-electron chi connectivity index (χ0n) is 10.2. The minimum absolute atomic E-state index is 0.0515. The second-order valence-electron chi connectivity index (χ2n) is 3.81. The van der Waals surface area contributed by atoms with Crippen LogP contribution in [0.4, 0.5) is 5.69 Å². The van der Waals surface area contributed by atoms with Crippen molar-refractivity contribution in [2.24, 2.45) is 0 Å². The van der Waals surface area contributed by atoms with Crippen LogP contribution in [0.1, 0.15) is 5.56 Å². The molecule has 0 aliphatic carbocycles. The Morgan fingerprint density at radius 1 is 1.35 bits per heavy atom. The molecule has 0 saturated heterocycles. The number of nitriles is 1. The van der Waals surface area contributed by atoms with Crippen LogP contribution in [0.2, 0.25) is 0 Å². The minimum Gasteiger partial charge on any atom is -0.372 e. The third kappa shape index (κ3) is 3.25. The van der Waals surface area contributed by atoms with Gasteiger partial charge >= 0.3 is 5.70 Å². The first-order valence-corrected chi connectivity index (χ1v) is 5.11. The number of hydrogen-bond donors (Lipinski definition) is 1. The normalized spacial score (nSPS) is 10.9. The van der Waals surface area contributed by atoms with E-state index in [0.29, 0.717) is 5.82 Å². The molecular formula is C13H14N4. The molecule has 0 bridgehead atoms. The Morgan fingerprint density at radius 3 is 2.35 bits per heavy atom. The molecule has 0 aromatic heterocycles. The van der Waals surface area contributed by atoms with Crippen LogP contribution in [0.5, 0.6) is 0 Å². The molecule has 0 spiro atoms. The fourth-order valence-electron chi connectivity index (χ4n) is 1.29. The van der Waals surface area contributed by atoms with Gasteiger partial charge in [0.1, 0.15) is 5.82 Å². The monoisotopic (exact) mass is 226 g/mol. The van der Waals surface area contributed by atoms with E-state index in [0.717, 1.165) is 11.3 Å². The van der Waals surface area contributed by atoms with E-state index in [1.165, 1.54) is 0 Å². The zero-order valence-corrected chi connectivity index (χ0v) is 10.2. The van der Waals surface area contributed by atoms with Gasteiger partial charge in [0, 0.05) is 19.8 Å². The third-order valence-corrected chi connectivity index (χ3v) is 2.20. The van der Waals surface area contributed by atoms with Gasteiger partial charge in [-0.3, -0.25) is 0 Å². The second kappa shape index (κ2) is 5.58. The van der Waals surface area contributed by atoms with Gasteiger partial charge in [-0.1, -0.05) is 17.7 Å². The van der Waals surface area contributed by atoms with E-state index in [9.17, 15) is 0 Å². The molecule has 0 amide bonds. The standard InChI is InChI=1S/C13H14N4/c1-10-5-7-11(8-6-10)16-13(17(3)4)12(9-14)15-2/h5-8,16H,1,3-4H3/b13-12-. The van der Waals surface area contributed by atoms with Crippen molar-refractivity contribution < 1.29 is 0 Å². The van der Waals surface area contributed by atoms with Gasteiger partial charge in [-0.2, -0.15) is 0 Å². The Hall–Kier alpha value is -2.46. The Morgan fingerprint density at radius 2 is 1.94 bits per heavy atom. The summed E-state index contributed by atoms with van der Waals surface area (Å²) in [5, 5.41) is 12.0. The lowest BCUT2D eigenvalue weighted by atomic mass is 10.2. The van der Waals surface area contributed by atoms with E-state index < -0.39 is 0 Å². The van der Waals surface area contributed by atoms with Crippen molar-refractivity contribution >= 4 is 5.69 Å². The highest BCUT2D eigenvalue weighted by Crippen LogP contribution is 2.15. The van der Waals surface area contributed by atoms with Crippen LogP contribution in [0.25, 0.3) is 4.85 Å². The number of benzene rings is 1. The number of nitrogens with one attached hydrogen (secondary N) is 1. The minimum atomic E-state index is 0.0515. The maximum atomic E-state index is 8.88. The van der Waals surface area contributed by atoms with Crippen molar-refractivity contribution in [1.82, 2.24) is 4.90 Å². The molecule has 86 valence electrons. The predicted molar refractivity (Wildman–Crippen MR) is 67.7 cm³/mol. The highest BCUT2D eigenvalue weighted by molar-refractivity contribution is 5.51. The summed E-state index contributed by atoms with van der Waals surface area (Å²) in [7, 11) is 3.58. The topological polar surface area (TPSA) is 43.4 Å². The number of anilines is 1. The molecule has 4 heteroatoms. The first-order valence-electron chi connectivity index (χ1n) is 5.11. The van der Waals surface area contributed by atoms with Gasteiger partial charge in [0.15, 0.2) is 0 Å². The molecule has 17 heavy (non-hydrogen) atoms. The summed E-state index contributed by atoms with van der Waals surface area (Å²) in [4.78, 5) is 4.92. The van der Waals surface area contributed by atoms with Gasteiger partial charge in [0.2, 0.25) is 0 Å². The van der Waals surface area contributed by atoms with Crippen LogP contribution in [0, 0.1) is 24.8 Å². The molecule has 0 atom stereocenters. The van der Waals surface area contributed by atoms with Crippen LogP contribution in [0.15, 0.2) is 35.8 Å². The fraction of sp³-hybridized carbons (Fsp3) is 0.231. The van der Waals surface area contributed by atoms with Crippen LogP contribution < -0.4 is 5.32 Å². The Kier molecular flexibility index (Phi) is 4.14. The van der Waals surface area contributed by atoms with Crippen molar-refractivity contribution in [3.8, 4) is 6.07 Å². The van der Waals surface area contributed by atoms with Gasteiger partial charge in [-0.15, -0.1) is 0 Å². The largest absolute Gasteiger partial charge is 0.372 e. The fourth-order valence-corrected chi connectivity index (χ4v) is 1.29. The molecule has 1 aromatic rings. The summed E-state index contributed by atoms with van der Waals surface area (Å²) >= 11 is 0. The molecule has 1 aromatic carbocycles. The maximum absolute atomic E-state index is 8.88. The molecule has 0 fully saturated rings. The summed E-state index contributed by atoms with van der Waals surface area (Å²) in [5.74, 6) is 0.506. The first-order chi connectivity index (χ1) is 8.08. The smallest absolute Gasteiger partial charge is 0.300 e. The van der Waals surface area contributed by atoms with Crippen molar-refractivity contribution in [3.05, 3.63) is 52.8 Å². The average molecular weight is 226 g/mol. The Labute approximate surface area is 102 Å². The summed E-state index contributed by atoms with van der Waals surface area (Å²) < 4.78 is 0. The first kappa shape index (κ1) is 12.6. The third-order valence-electron chi connectivity index (χ3n) is 2.20. The van der Waals surface area contributed by atoms with Gasteiger partial charge in [-0.25, -0.2) is 10.1 Å². The second-order valence-corrected chi connectivity index (χ2v) is 3.81. The lowest BCUT2D eigenvalue weighted by Crippen LogP contribution is -2.19. The van der Waals surface area contributed by atoms with Crippen LogP contribution >= 0.6 is 0 Å². The summed E-state index contributed by atoms with van der Waals surface area (Å²) in [6.07, 6.45) is 0. The molecule has 4 nitrogen and oxygen atoms in total. The lowest BCUT2D eigenvalue weighted by molar-refractivity contribution is 0.515. The molecule has 0 unspecified atom stereocenters. The van der Waals surface area contributed by atoms with E-state index in [-0.39, 0.29) is 5.70 Å². The average Bonchev–Trinajstić information content (AvgIpc) is 2.31. The van der Waals surface area contributed by atoms with E-state index >= 15 is 0 Å². The highest BCUT2D eigenvalue weighted by atomic mass is 15.2. The van der Waals surface area contributed by atoms with Crippen molar-refractivity contribution in [2.75, 3.05) is 19.4 Å². The molecule has 0 saturated carbocycles. The van der Waals surface area contributed by atoms with Gasteiger partial charge < -0.3 is 10.2 Å². The summed E-state index contributed by atoms with van der Waals surface area (Å²) in [6, 6.07) is 9.66. The van der Waals surface area contributed by atoms with Crippen molar-refractivity contribution in [2.45, 2.75) is 6.92 Å². The van der Waals surface area contributed by atoms with Gasteiger partial charge in [0.05, 0.1) is 12.6 Å².